The summed E-state index contributed by atoms with van der Waals surface area (Å²) in [6.07, 6.45) is 4.91. The van der Waals surface area contributed by atoms with E-state index in [0.29, 0.717) is 6.54 Å². The van der Waals surface area contributed by atoms with Crippen molar-refractivity contribution in [2.24, 2.45) is 0 Å². The summed E-state index contributed by atoms with van der Waals surface area (Å²) in [5.74, 6) is 0. The summed E-state index contributed by atoms with van der Waals surface area (Å²) >= 11 is 0. The molecule has 0 unspecified atom stereocenters. The van der Waals surface area contributed by atoms with E-state index in [1.54, 1.807) is 12.2 Å². The van der Waals surface area contributed by atoms with Crippen LogP contribution in [-0.4, -0.2) is 9.13 Å². The van der Waals surface area contributed by atoms with E-state index < -0.39 is 5.56 Å². The van der Waals surface area contributed by atoms with Gasteiger partial charge in [-0.05, 0) is 13.8 Å². The van der Waals surface area contributed by atoms with Gasteiger partial charge in [0.05, 0.1) is 0 Å². The molecule has 0 atom stereocenters. The van der Waals surface area contributed by atoms with E-state index in [2.05, 4.69) is 0 Å². The maximum Gasteiger partial charge on any atom is 0.331 e. The molecular formula is C10H15N3O2. The lowest BCUT2D eigenvalue weighted by atomic mass is 10.4. The maximum absolute atomic E-state index is 11.7. The van der Waals surface area contributed by atoms with E-state index in [1.165, 1.54) is 10.8 Å². The minimum absolute atomic E-state index is 0.0981. The van der Waals surface area contributed by atoms with Crippen molar-refractivity contribution in [1.82, 2.24) is 9.13 Å². The molecule has 0 saturated heterocycles. The molecule has 0 aliphatic carbocycles. The predicted octanol–water partition coefficient (Wildman–Crippen LogP) is 0.188. The fourth-order valence-electron chi connectivity index (χ4n) is 1.27. The molecule has 1 heterocycles. The molecule has 2 N–H and O–H groups in total. The zero-order chi connectivity index (χ0) is 11.4. The van der Waals surface area contributed by atoms with Crippen LogP contribution in [-0.2, 0) is 13.1 Å². The van der Waals surface area contributed by atoms with Crippen LogP contribution in [0.25, 0.3) is 0 Å². The van der Waals surface area contributed by atoms with Crippen molar-refractivity contribution < 1.29 is 0 Å². The molecule has 0 radical (unpaired) electrons. The summed E-state index contributed by atoms with van der Waals surface area (Å²) in [6, 6.07) is 0. The van der Waals surface area contributed by atoms with Crippen molar-refractivity contribution in [3.05, 3.63) is 39.2 Å². The second-order valence-corrected chi connectivity index (χ2v) is 3.14. The average molecular weight is 209 g/mol. The summed E-state index contributed by atoms with van der Waals surface area (Å²) in [6.45, 7) is 4.42. The zero-order valence-corrected chi connectivity index (χ0v) is 8.93. The van der Waals surface area contributed by atoms with Crippen LogP contribution in [0.1, 0.15) is 13.8 Å². The monoisotopic (exact) mass is 209 g/mol. The molecule has 0 aliphatic heterocycles. The van der Waals surface area contributed by atoms with E-state index in [-0.39, 0.29) is 17.9 Å². The van der Waals surface area contributed by atoms with Gasteiger partial charge in [0.2, 0.25) is 0 Å². The highest BCUT2D eigenvalue weighted by Crippen LogP contribution is 1.89. The summed E-state index contributed by atoms with van der Waals surface area (Å²) in [7, 11) is 0. The minimum atomic E-state index is -0.428. The molecule has 5 nitrogen and oxygen atoms in total. The SMILES string of the molecule is C/C=C/Cn1c(=O)c(N)cn(CC)c1=O. The normalized spacial score (nSPS) is 11.1. The fraction of sp³-hybridized carbons (Fsp3) is 0.400. The van der Waals surface area contributed by atoms with Crippen LogP contribution in [0.3, 0.4) is 0 Å². The van der Waals surface area contributed by atoms with Gasteiger partial charge in [0.15, 0.2) is 0 Å². The standard InChI is InChI=1S/C10H15N3O2/c1-3-5-6-13-9(14)8(11)7-12(4-2)10(13)15/h3,5,7H,4,6,11H2,1-2H3/b5-3+. The predicted molar refractivity (Wildman–Crippen MR) is 59.9 cm³/mol. The van der Waals surface area contributed by atoms with Gasteiger partial charge >= 0.3 is 5.69 Å². The van der Waals surface area contributed by atoms with Crippen molar-refractivity contribution in [1.29, 1.82) is 0 Å². The van der Waals surface area contributed by atoms with Crippen LogP contribution in [0, 0.1) is 0 Å². The van der Waals surface area contributed by atoms with Gasteiger partial charge in [-0.25, -0.2) is 4.79 Å². The number of nitrogens with zero attached hydrogens (tertiary/aromatic N) is 2. The molecule has 0 aromatic carbocycles. The Bertz CT molecular complexity index is 482. The Morgan fingerprint density at radius 3 is 2.67 bits per heavy atom. The lowest BCUT2D eigenvalue weighted by Gasteiger charge is -2.07. The molecular weight excluding hydrogens is 194 g/mol. The Hall–Kier alpha value is -1.78. The highest BCUT2D eigenvalue weighted by atomic mass is 16.2. The van der Waals surface area contributed by atoms with E-state index in [0.717, 1.165) is 4.57 Å². The lowest BCUT2D eigenvalue weighted by molar-refractivity contribution is 0.609. The number of rotatable bonds is 3. The average Bonchev–Trinajstić information content (AvgIpc) is 2.23. The third kappa shape index (κ3) is 2.18. The van der Waals surface area contributed by atoms with Crippen LogP contribution in [0.4, 0.5) is 5.69 Å². The molecule has 0 spiro atoms. The Morgan fingerprint density at radius 2 is 2.13 bits per heavy atom. The van der Waals surface area contributed by atoms with E-state index in [4.69, 9.17) is 5.73 Å². The number of aryl methyl sites for hydroxylation is 1. The molecule has 0 amide bonds. The molecule has 1 aromatic rings. The molecule has 0 aliphatic rings. The number of hydrogen-bond donors (Lipinski definition) is 1. The van der Waals surface area contributed by atoms with Gasteiger partial charge in [-0.2, -0.15) is 0 Å². The largest absolute Gasteiger partial charge is 0.393 e. The van der Waals surface area contributed by atoms with Gasteiger partial charge in [-0.15, -0.1) is 0 Å². The van der Waals surface area contributed by atoms with Gasteiger partial charge in [0.25, 0.3) is 5.56 Å². The summed E-state index contributed by atoms with van der Waals surface area (Å²) in [4.78, 5) is 23.3. The second-order valence-electron chi connectivity index (χ2n) is 3.14. The van der Waals surface area contributed by atoms with E-state index in [1.807, 2.05) is 13.8 Å². The second kappa shape index (κ2) is 4.63. The number of nitrogen functional groups attached to an aromatic ring is 1. The molecule has 0 saturated carbocycles. The smallest absolute Gasteiger partial charge is 0.331 e. The van der Waals surface area contributed by atoms with Crippen molar-refractivity contribution in [3.8, 4) is 0 Å². The molecule has 82 valence electrons. The third-order valence-corrected chi connectivity index (χ3v) is 2.13. The molecule has 0 fully saturated rings. The van der Waals surface area contributed by atoms with Crippen molar-refractivity contribution in [3.63, 3.8) is 0 Å². The number of aromatic nitrogens is 2. The molecule has 5 heteroatoms. The van der Waals surface area contributed by atoms with Crippen molar-refractivity contribution >= 4 is 5.69 Å². The van der Waals surface area contributed by atoms with Crippen LogP contribution in [0.15, 0.2) is 27.9 Å². The minimum Gasteiger partial charge on any atom is -0.393 e. The Morgan fingerprint density at radius 1 is 1.47 bits per heavy atom. The highest BCUT2D eigenvalue weighted by Gasteiger charge is 2.06. The van der Waals surface area contributed by atoms with Crippen LogP contribution < -0.4 is 17.0 Å². The van der Waals surface area contributed by atoms with Crippen molar-refractivity contribution in [2.75, 3.05) is 5.73 Å². The van der Waals surface area contributed by atoms with Crippen LogP contribution >= 0.6 is 0 Å². The summed E-state index contributed by atoms with van der Waals surface area (Å²) < 4.78 is 2.54. The van der Waals surface area contributed by atoms with Gasteiger partial charge < -0.3 is 5.73 Å². The molecule has 0 bridgehead atoms. The Kier molecular flexibility index (Phi) is 3.49. The number of hydrogen-bond acceptors (Lipinski definition) is 3. The Balaban J connectivity index is 3.41. The third-order valence-electron chi connectivity index (χ3n) is 2.13. The number of nitrogens with two attached hydrogens (primary N) is 1. The van der Waals surface area contributed by atoms with Gasteiger partial charge in [0.1, 0.15) is 5.69 Å². The molecule has 15 heavy (non-hydrogen) atoms. The first-order chi connectivity index (χ1) is 7.11. The lowest BCUT2D eigenvalue weighted by Crippen LogP contribution is -2.40. The van der Waals surface area contributed by atoms with Gasteiger partial charge in [-0.1, -0.05) is 12.2 Å². The number of anilines is 1. The van der Waals surface area contributed by atoms with Crippen LogP contribution in [0.5, 0.6) is 0 Å². The summed E-state index contributed by atoms with van der Waals surface area (Å²) in [5.41, 5.74) is 4.87. The van der Waals surface area contributed by atoms with Crippen molar-refractivity contribution in [2.45, 2.75) is 26.9 Å². The summed E-state index contributed by atoms with van der Waals surface area (Å²) in [5, 5.41) is 0. The molecule has 1 aromatic heterocycles. The molecule has 1 rings (SSSR count). The van der Waals surface area contributed by atoms with E-state index >= 15 is 0 Å². The van der Waals surface area contributed by atoms with Crippen LogP contribution in [0.2, 0.25) is 0 Å². The number of allylic oxidation sites excluding steroid dienone is 2. The van der Waals surface area contributed by atoms with E-state index in [9.17, 15) is 9.59 Å². The fourth-order valence-corrected chi connectivity index (χ4v) is 1.27. The first-order valence-electron chi connectivity index (χ1n) is 4.82. The van der Waals surface area contributed by atoms with Gasteiger partial charge in [-0.3, -0.25) is 13.9 Å². The first-order valence-corrected chi connectivity index (χ1v) is 4.82. The first kappa shape index (κ1) is 11.3. The topological polar surface area (TPSA) is 70.0 Å². The maximum atomic E-state index is 11.7. The van der Waals surface area contributed by atoms with Gasteiger partial charge in [0, 0.05) is 19.3 Å². The Labute approximate surface area is 87.5 Å². The quantitative estimate of drug-likeness (QED) is 0.722. The zero-order valence-electron chi connectivity index (χ0n) is 8.93. The highest BCUT2D eigenvalue weighted by molar-refractivity contribution is 5.31.